The highest BCUT2D eigenvalue weighted by Gasteiger charge is 2.52. The first-order valence-corrected chi connectivity index (χ1v) is 7.65. The number of fused-ring (bicyclic) bond motifs is 2. The van der Waals surface area contributed by atoms with Crippen molar-refractivity contribution in [3.63, 3.8) is 0 Å². The lowest BCUT2D eigenvalue weighted by atomic mass is 9.95. The fraction of sp³-hybridized carbons (Fsp3) is 0.500. The SMILES string of the molecule is C#C[C@@H]1O[C@]2(CCc3ccc(Br)cc3)CC[C@H](O)[C@@H]1O2. The second kappa shape index (κ2) is 5.50. The molecule has 1 aromatic carbocycles. The van der Waals surface area contributed by atoms with Gasteiger partial charge in [0, 0.05) is 17.3 Å². The molecule has 0 saturated carbocycles. The van der Waals surface area contributed by atoms with Crippen LogP contribution in [0.1, 0.15) is 24.8 Å². The number of ether oxygens (including phenoxy) is 2. The van der Waals surface area contributed by atoms with Crippen LogP contribution in [-0.2, 0) is 15.9 Å². The molecule has 1 aromatic rings. The number of hydrogen-bond acceptors (Lipinski definition) is 3. The Hall–Kier alpha value is -0.860. The van der Waals surface area contributed by atoms with Crippen molar-refractivity contribution < 1.29 is 14.6 Å². The Bertz CT molecular complexity index is 522. The molecule has 2 saturated heterocycles. The maximum atomic E-state index is 9.92. The second-order valence-corrected chi connectivity index (χ2v) is 6.35. The van der Waals surface area contributed by atoms with Gasteiger partial charge >= 0.3 is 0 Å². The van der Waals surface area contributed by atoms with Gasteiger partial charge in [-0.2, -0.15) is 0 Å². The molecule has 2 bridgehead atoms. The van der Waals surface area contributed by atoms with Crippen molar-refractivity contribution >= 4 is 15.9 Å². The van der Waals surface area contributed by atoms with Gasteiger partial charge in [0.05, 0.1) is 6.10 Å². The second-order valence-electron chi connectivity index (χ2n) is 5.43. The average molecular weight is 337 g/mol. The van der Waals surface area contributed by atoms with Crippen LogP contribution in [0.15, 0.2) is 28.7 Å². The Labute approximate surface area is 127 Å². The summed E-state index contributed by atoms with van der Waals surface area (Å²) in [4.78, 5) is 0. The molecule has 1 N–H and O–H groups in total. The summed E-state index contributed by atoms with van der Waals surface area (Å²) in [5.41, 5.74) is 1.24. The van der Waals surface area contributed by atoms with Crippen molar-refractivity contribution in [3.05, 3.63) is 34.3 Å². The van der Waals surface area contributed by atoms with Crippen LogP contribution in [0.4, 0.5) is 0 Å². The number of aryl methyl sites for hydroxylation is 1. The van der Waals surface area contributed by atoms with Crippen molar-refractivity contribution in [2.24, 2.45) is 0 Å². The summed E-state index contributed by atoms with van der Waals surface area (Å²) in [6, 6.07) is 8.23. The quantitative estimate of drug-likeness (QED) is 0.862. The molecular weight excluding hydrogens is 320 g/mol. The highest BCUT2D eigenvalue weighted by molar-refractivity contribution is 9.10. The van der Waals surface area contributed by atoms with E-state index in [-0.39, 0.29) is 6.10 Å². The monoisotopic (exact) mass is 336 g/mol. The molecule has 0 aliphatic carbocycles. The number of benzene rings is 1. The minimum absolute atomic E-state index is 0.376. The molecule has 0 amide bonds. The molecular formula is C16H17BrO3. The summed E-state index contributed by atoms with van der Waals surface area (Å²) in [6.45, 7) is 0. The molecule has 4 heteroatoms. The van der Waals surface area contributed by atoms with Crippen molar-refractivity contribution in [3.8, 4) is 12.3 Å². The number of hydrogen-bond donors (Lipinski definition) is 1. The van der Waals surface area contributed by atoms with E-state index in [0.29, 0.717) is 12.8 Å². The molecule has 0 radical (unpaired) electrons. The highest BCUT2D eigenvalue weighted by atomic mass is 79.9. The van der Waals surface area contributed by atoms with Crippen molar-refractivity contribution in [1.82, 2.24) is 0 Å². The van der Waals surface area contributed by atoms with Crippen LogP contribution < -0.4 is 0 Å². The third-order valence-electron chi connectivity index (χ3n) is 4.06. The minimum atomic E-state index is -0.617. The van der Waals surface area contributed by atoms with Gasteiger partial charge in [0.1, 0.15) is 12.2 Å². The van der Waals surface area contributed by atoms with E-state index in [1.807, 2.05) is 12.1 Å². The molecule has 106 valence electrons. The minimum Gasteiger partial charge on any atom is -0.390 e. The van der Waals surface area contributed by atoms with Crippen LogP contribution in [0.5, 0.6) is 0 Å². The average Bonchev–Trinajstić information content (AvgIpc) is 2.78. The van der Waals surface area contributed by atoms with Crippen LogP contribution in [0.3, 0.4) is 0 Å². The zero-order chi connectivity index (χ0) is 14.2. The summed E-state index contributed by atoms with van der Waals surface area (Å²) in [6.07, 6.45) is 7.15. The Morgan fingerprint density at radius 3 is 2.80 bits per heavy atom. The lowest BCUT2D eigenvalue weighted by Crippen LogP contribution is -2.41. The van der Waals surface area contributed by atoms with E-state index in [0.717, 1.165) is 17.3 Å². The predicted octanol–water partition coefficient (Wildman–Crippen LogP) is 2.65. The Morgan fingerprint density at radius 1 is 1.35 bits per heavy atom. The number of halogens is 1. The molecule has 3 nitrogen and oxygen atoms in total. The van der Waals surface area contributed by atoms with Gasteiger partial charge < -0.3 is 14.6 Å². The molecule has 2 aliphatic rings. The van der Waals surface area contributed by atoms with Crippen LogP contribution in [0.25, 0.3) is 0 Å². The van der Waals surface area contributed by atoms with E-state index in [1.165, 1.54) is 5.56 Å². The lowest BCUT2D eigenvalue weighted by molar-refractivity contribution is -0.212. The molecule has 20 heavy (non-hydrogen) atoms. The van der Waals surface area contributed by atoms with Crippen LogP contribution in [0.2, 0.25) is 0 Å². The van der Waals surface area contributed by atoms with Crippen LogP contribution in [0, 0.1) is 12.3 Å². The van der Waals surface area contributed by atoms with E-state index in [9.17, 15) is 5.11 Å². The smallest absolute Gasteiger partial charge is 0.171 e. The van der Waals surface area contributed by atoms with E-state index < -0.39 is 18.0 Å². The van der Waals surface area contributed by atoms with Gasteiger partial charge in [-0.3, -0.25) is 0 Å². The van der Waals surface area contributed by atoms with Gasteiger partial charge in [-0.25, -0.2) is 0 Å². The fourth-order valence-electron chi connectivity index (χ4n) is 2.92. The lowest BCUT2D eigenvalue weighted by Gasteiger charge is -2.33. The number of aliphatic hydroxyl groups is 1. The first kappa shape index (κ1) is 14.1. The maximum Gasteiger partial charge on any atom is 0.171 e. The first-order valence-electron chi connectivity index (χ1n) is 6.86. The van der Waals surface area contributed by atoms with Gasteiger partial charge in [0.2, 0.25) is 0 Å². The van der Waals surface area contributed by atoms with Gasteiger partial charge in [-0.1, -0.05) is 34.0 Å². The molecule has 3 rings (SSSR count). The number of rotatable bonds is 3. The van der Waals surface area contributed by atoms with Gasteiger partial charge in [-0.05, 0) is 30.5 Å². The van der Waals surface area contributed by atoms with Crippen LogP contribution >= 0.6 is 15.9 Å². The molecule has 2 fully saturated rings. The zero-order valence-electron chi connectivity index (χ0n) is 11.1. The van der Waals surface area contributed by atoms with E-state index >= 15 is 0 Å². The molecule has 0 aromatic heterocycles. The Balaban J connectivity index is 1.68. The number of aliphatic hydroxyl groups excluding tert-OH is 1. The molecule has 0 unspecified atom stereocenters. The molecule has 2 heterocycles. The largest absolute Gasteiger partial charge is 0.390 e. The maximum absolute atomic E-state index is 9.92. The standard InChI is InChI=1S/C16H17BrO3/c1-2-14-15-13(18)8-10-16(19-14,20-15)9-7-11-3-5-12(17)6-4-11/h1,3-6,13-15,18H,7-10H2/t13-,14-,15-,16-/m0/s1. The van der Waals surface area contributed by atoms with E-state index in [2.05, 4.69) is 34.0 Å². The summed E-state index contributed by atoms with van der Waals surface area (Å²) >= 11 is 3.43. The van der Waals surface area contributed by atoms with Gasteiger partial charge in [0.15, 0.2) is 5.79 Å². The molecule has 0 spiro atoms. The Morgan fingerprint density at radius 2 is 2.10 bits per heavy atom. The topological polar surface area (TPSA) is 38.7 Å². The molecule has 2 aliphatic heterocycles. The zero-order valence-corrected chi connectivity index (χ0v) is 12.7. The van der Waals surface area contributed by atoms with E-state index in [4.69, 9.17) is 15.9 Å². The van der Waals surface area contributed by atoms with Gasteiger partial charge in [0.25, 0.3) is 0 Å². The normalized spacial score (nSPS) is 35.8. The van der Waals surface area contributed by atoms with Crippen molar-refractivity contribution in [1.29, 1.82) is 0 Å². The van der Waals surface area contributed by atoms with Crippen molar-refractivity contribution in [2.45, 2.75) is 49.8 Å². The highest BCUT2D eigenvalue weighted by Crippen LogP contribution is 2.42. The van der Waals surface area contributed by atoms with Gasteiger partial charge in [-0.15, -0.1) is 6.42 Å². The predicted molar refractivity (Wildman–Crippen MR) is 79.0 cm³/mol. The molecule has 4 atom stereocenters. The third-order valence-corrected chi connectivity index (χ3v) is 4.59. The fourth-order valence-corrected chi connectivity index (χ4v) is 3.19. The summed E-state index contributed by atoms with van der Waals surface area (Å²) in [5.74, 6) is 1.97. The summed E-state index contributed by atoms with van der Waals surface area (Å²) in [7, 11) is 0. The van der Waals surface area contributed by atoms with E-state index in [1.54, 1.807) is 0 Å². The summed E-state index contributed by atoms with van der Waals surface area (Å²) in [5, 5.41) is 9.92. The number of terminal acetylenes is 1. The summed E-state index contributed by atoms with van der Waals surface area (Å²) < 4.78 is 12.9. The first-order chi connectivity index (χ1) is 9.62. The van der Waals surface area contributed by atoms with Crippen molar-refractivity contribution in [2.75, 3.05) is 0 Å². The van der Waals surface area contributed by atoms with Crippen LogP contribution in [-0.4, -0.2) is 29.2 Å². The third kappa shape index (κ3) is 2.64. The Kier molecular flexibility index (Phi) is 3.87.